The van der Waals surface area contributed by atoms with Crippen LogP contribution in [0.1, 0.15) is 0 Å². The highest BCUT2D eigenvalue weighted by molar-refractivity contribution is 7.87. The lowest BCUT2D eigenvalue weighted by atomic mass is 10.2. The van der Waals surface area contributed by atoms with E-state index in [2.05, 4.69) is 0 Å². The molecule has 0 amide bonds. The first-order valence-electron chi connectivity index (χ1n) is 7.84. The van der Waals surface area contributed by atoms with Crippen LogP contribution in [0.5, 0.6) is 0 Å². The van der Waals surface area contributed by atoms with Crippen LogP contribution in [0.4, 0.5) is 96.1 Å². The lowest BCUT2D eigenvalue weighted by Crippen LogP contribution is -2.70. The first-order valence-corrected chi connectivity index (χ1v) is 9.22. The molecule has 0 rings (SSSR count). The minimum atomic E-state index is -8.75. The fourth-order valence-corrected chi connectivity index (χ4v) is 1.96. The van der Waals surface area contributed by atoms with Gasteiger partial charge in [0.2, 0.25) is 0 Å². The van der Waals surface area contributed by atoms with Crippen molar-refractivity contribution in [3.8, 4) is 0 Å². The van der Waals surface area contributed by atoms with Crippen molar-refractivity contribution in [1.82, 2.24) is 0 Å². The summed E-state index contributed by atoms with van der Waals surface area (Å²) >= 11 is 0. The molecule has 0 N–H and O–H groups in total. The third kappa shape index (κ3) is 6.09. The van der Waals surface area contributed by atoms with Gasteiger partial charge in [-0.05, 0) is 0 Å². The van der Waals surface area contributed by atoms with Gasteiger partial charge in [-0.1, -0.05) is 3.89 Å². The number of hydrogen-bond donors (Lipinski definition) is 0. The predicted molar refractivity (Wildman–Crippen MR) is 68.9 cm³/mol. The summed E-state index contributed by atoms with van der Waals surface area (Å²) in [6, 6.07) is -5.01. The Balaban J connectivity index is 7.29. The van der Waals surface area contributed by atoms with E-state index >= 15 is 0 Å². The standard InChI is InChI=1S/C11F22O6S/c12-1(34)2(13,5(16,17)18)37-8(25,26)3(14,6(19,20)21)38-9(27,28)4(15,7(22,23)24)39-10(29,30)11(31,32)40(33,35)36/t2-,3+,4+/m0/s1. The van der Waals surface area contributed by atoms with E-state index in [0.717, 1.165) is 9.47 Å². The van der Waals surface area contributed by atoms with E-state index in [1.54, 1.807) is 0 Å². The number of carbonyl (C=O) groups is 1. The van der Waals surface area contributed by atoms with Crippen LogP contribution in [0.15, 0.2) is 0 Å². The summed E-state index contributed by atoms with van der Waals surface area (Å²) in [4.78, 5) is 10.00. The largest absolute Gasteiger partial charge is 0.464 e. The monoisotopic (exact) mass is 678 g/mol. The Kier molecular flexibility index (Phi) is 9.27. The van der Waals surface area contributed by atoms with E-state index in [9.17, 15) is 109 Å². The molecule has 0 saturated carbocycles. The fraction of sp³-hybridized carbons (Fsp3) is 0.909. The highest BCUT2D eigenvalue weighted by Gasteiger charge is 2.88. The van der Waals surface area contributed by atoms with E-state index in [1.807, 2.05) is 0 Å². The Bertz CT molecular complexity index is 1060. The van der Waals surface area contributed by atoms with Gasteiger partial charge in [-0.2, -0.15) is 101 Å². The molecular weight excluding hydrogens is 678 g/mol. The highest BCUT2D eigenvalue weighted by Crippen LogP contribution is 2.58. The minimum Gasteiger partial charge on any atom is -0.263 e. The molecule has 0 heterocycles. The van der Waals surface area contributed by atoms with Crippen LogP contribution in [0.2, 0.25) is 0 Å². The molecule has 40 heavy (non-hydrogen) atoms. The van der Waals surface area contributed by atoms with Gasteiger partial charge in [0.1, 0.15) is 0 Å². The van der Waals surface area contributed by atoms with Crippen LogP contribution in [0.25, 0.3) is 0 Å². The van der Waals surface area contributed by atoms with E-state index in [1.165, 1.54) is 4.74 Å². The predicted octanol–water partition coefficient (Wildman–Crippen LogP) is 5.89. The van der Waals surface area contributed by atoms with Crippen molar-refractivity contribution in [3.05, 3.63) is 0 Å². The second-order valence-electron chi connectivity index (χ2n) is 6.36. The SMILES string of the molecule is O=C(F)[C@](F)(OC(F)(F)[C@](F)(OC(F)(F)[C@](F)(OC(F)(F)C(F)(F)S(=O)(=O)F)C(F)(F)F)C(F)(F)F)C(F)(F)F. The minimum absolute atomic E-state index is 1.02. The van der Waals surface area contributed by atoms with Gasteiger partial charge in [0.05, 0.1) is 0 Å². The Morgan fingerprint density at radius 2 is 0.750 bits per heavy atom. The number of hydrogen-bond acceptors (Lipinski definition) is 6. The maximum absolute atomic E-state index is 14.0. The fourth-order valence-electron chi connectivity index (χ4n) is 1.64. The third-order valence-electron chi connectivity index (χ3n) is 3.55. The zero-order valence-electron chi connectivity index (χ0n) is 16.7. The van der Waals surface area contributed by atoms with E-state index in [4.69, 9.17) is 0 Å². The van der Waals surface area contributed by atoms with Gasteiger partial charge in [0.15, 0.2) is 0 Å². The Labute approximate surface area is 200 Å². The summed E-state index contributed by atoms with van der Waals surface area (Å²) in [6.07, 6.45) is -49.9. The normalized spacial score (nSPS) is 19.9. The number of halogens is 22. The van der Waals surface area contributed by atoms with Crippen LogP contribution >= 0.6 is 0 Å². The summed E-state index contributed by atoms with van der Waals surface area (Å²) in [5.41, 5.74) is 0. The van der Waals surface area contributed by atoms with Crippen LogP contribution in [-0.4, -0.2) is 74.1 Å². The molecule has 0 aromatic heterocycles. The molecule has 0 saturated heterocycles. The number of carbonyl (C=O) groups excluding carboxylic acids is 1. The second-order valence-corrected chi connectivity index (χ2v) is 7.75. The maximum atomic E-state index is 14.0. The van der Waals surface area contributed by atoms with Crippen molar-refractivity contribution in [2.45, 2.75) is 59.7 Å². The van der Waals surface area contributed by atoms with Gasteiger partial charge in [0, 0.05) is 0 Å². The average molecular weight is 678 g/mol. The molecule has 240 valence electrons. The molecular formula is C11F22O6S. The van der Waals surface area contributed by atoms with Crippen LogP contribution in [0, 0.1) is 0 Å². The smallest absolute Gasteiger partial charge is 0.263 e. The van der Waals surface area contributed by atoms with Gasteiger partial charge < -0.3 is 0 Å². The summed E-state index contributed by atoms with van der Waals surface area (Å²) in [6.45, 7) is 0. The van der Waals surface area contributed by atoms with Gasteiger partial charge in [-0.25, -0.2) is 0 Å². The first-order chi connectivity index (χ1) is 16.8. The molecule has 0 aliphatic heterocycles. The lowest BCUT2D eigenvalue weighted by molar-refractivity contribution is -0.571. The molecule has 6 nitrogen and oxygen atoms in total. The highest BCUT2D eigenvalue weighted by atomic mass is 32.3. The molecule has 0 unspecified atom stereocenters. The average Bonchev–Trinajstić information content (AvgIpc) is 2.62. The molecule has 0 aliphatic carbocycles. The zero-order valence-corrected chi connectivity index (χ0v) is 17.5. The van der Waals surface area contributed by atoms with Crippen molar-refractivity contribution in [1.29, 1.82) is 0 Å². The van der Waals surface area contributed by atoms with Crippen molar-refractivity contribution >= 4 is 16.3 Å². The van der Waals surface area contributed by atoms with Crippen molar-refractivity contribution < 1.29 is 124 Å². The Morgan fingerprint density at radius 1 is 0.475 bits per heavy atom. The molecule has 29 heteroatoms. The molecule has 0 bridgehead atoms. The summed E-state index contributed by atoms with van der Waals surface area (Å²) in [5.74, 6) is -24.9. The topological polar surface area (TPSA) is 78.9 Å². The van der Waals surface area contributed by atoms with E-state index in [0.29, 0.717) is 0 Å². The molecule has 3 atom stereocenters. The number of alkyl halides is 20. The molecule has 0 radical (unpaired) electrons. The number of rotatable bonds is 11. The van der Waals surface area contributed by atoms with Crippen LogP contribution < -0.4 is 0 Å². The third-order valence-corrected chi connectivity index (χ3v) is 4.40. The Hall–Kier alpha value is -2.04. The maximum Gasteiger partial charge on any atom is 0.464 e. The van der Waals surface area contributed by atoms with Crippen molar-refractivity contribution in [3.63, 3.8) is 0 Å². The quantitative estimate of drug-likeness (QED) is 0.201. The van der Waals surface area contributed by atoms with Crippen LogP contribution in [0.3, 0.4) is 0 Å². The Morgan fingerprint density at radius 3 is 0.975 bits per heavy atom. The van der Waals surface area contributed by atoms with Crippen molar-refractivity contribution in [2.75, 3.05) is 0 Å². The van der Waals surface area contributed by atoms with Gasteiger partial charge in [-0.3, -0.25) is 19.0 Å². The zero-order chi connectivity index (χ0) is 33.2. The molecule has 0 aliphatic rings. The van der Waals surface area contributed by atoms with Crippen molar-refractivity contribution in [2.24, 2.45) is 0 Å². The van der Waals surface area contributed by atoms with E-state index < -0.39 is 75.9 Å². The summed E-state index contributed by atoms with van der Waals surface area (Å²) in [5, 5.41) is -7.93. The van der Waals surface area contributed by atoms with Gasteiger partial charge in [0.25, 0.3) is 0 Å². The molecule has 0 fully saturated rings. The van der Waals surface area contributed by atoms with Crippen LogP contribution in [-0.2, 0) is 29.2 Å². The lowest BCUT2D eigenvalue weighted by Gasteiger charge is -2.42. The molecule has 0 spiro atoms. The van der Waals surface area contributed by atoms with E-state index in [-0.39, 0.29) is 0 Å². The molecule has 0 aromatic rings. The summed E-state index contributed by atoms with van der Waals surface area (Å²) < 4.78 is 309. The molecule has 0 aromatic carbocycles. The first kappa shape index (κ1) is 38.0. The summed E-state index contributed by atoms with van der Waals surface area (Å²) in [7, 11) is -8.39. The second kappa shape index (κ2) is 9.76. The van der Waals surface area contributed by atoms with Gasteiger partial charge >= 0.3 is 75.9 Å². The number of ether oxygens (including phenoxy) is 3. The van der Waals surface area contributed by atoms with Gasteiger partial charge in [-0.15, -0.1) is 0 Å².